The van der Waals surface area contributed by atoms with E-state index in [4.69, 9.17) is 9.63 Å². The number of aromatic nitrogens is 4. The summed E-state index contributed by atoms with van der Waals surface area (Å²) in [5.41, 5.74) is -0.0983. The van der Waals surface area contributed by atoms with E-state index in [1.54, 1.807) is 4.68 Å². The standard InChI is InChI=1S/C11H14N4O3/c1-3-9-12-10(4-2)15(13-9)6-7-5-8(11(16)17)14-18-7/h5H,3-4,6H2,1-2H3,(H,16,17). The van der Waals surface area contributed by atoms with Crippen molar-refractivity contribution in [3.63, 3.8) is 0 Å². The van der Waals surface area contributed by atoms with Gasteiger partial charge < -0.3 is 9.63 Å². The van der Waals surface area contributed by atoms with Crippen LogP contribution in [0.3, 0.4) is 0 Å². The van der Waals surface area contributed by atoms with Crippen molar-refractivity contribution in [2.75, 3.05) is 0 Å². The first-order valence-electron chi connectivity index (χ1n) is 5.75. The van der Waals surface area contributed by atoms with Crippen LogP contribution in [0.5, 0.6) is 0 Å². The van der Waals surface area contributed by atoms with Crippen LogP contribution in [0.4, 0.5) is 0 Å². The number of hydrogen-bond donors (Lipinski definition) is 1. The molecule has 2 heterocycles. The second-order valence-electron chi connectivity index (χ2n) is 3.79. The van der Waals surface area contributed by atoms with Crippen molar-refractivity contribution in [2.24, 2.45) is 0 Å². The van der Waals surface area contributed by atoms with Crippen molar-refractivity contribution in [3.05, 3.63) is 29.2 Å². The van der Waals surface area contributed by atoms with Gasteiger partial charge in [-0.25, -0.2) is 14.5 Å². The molecule has 7 nitrogen and oxygen atoms in total. The molecule has 2 rings (SSSR count). The largest absolute Gasteiger partial charge is 0.476 e. The number of aromatic carboxylic acids is 1. The Balaban J connectivity index is 2.21. The molecule has 2 aromatic heterocycles. The number of carbonyl (C=O) groups is 1. The highest BCUT2D eigenvalue weighted by Crippen LogP contribution is 2.08. The summed E-state index contributed by atoms with van der Waals surface area (Å²) in [6.45, 7) is 4.32. The molecular formula is C11H14N4O3. The Hall–Kier alpha value is -2.18. The van der Waals surface area contributed by atoms with Gasteiger partial charge in [-0.2, -0.15) is 5.10 Å². The molecule has 0 saturated heterocycles. The van der Waals surface area contributed by atoms with E-state index in [1.807, 2.05) is 13.8 Å². The summed E-state index contributed by atoms with van der Waals surface area (Å²) in [7, 11) is 0. The zero-order chi connectivity index (χ0) is 13.1. The molecule has 0 spiro atoms. The Bertz CT molecular complexity index is 558. The highest BCUT2D eigenvalue weighted by atomic mass is 16.5. The summed E-state index contributed by atoms with van der Waals surface area (Å²) in [5, 5.41) is 16.5. The van der Waals surface area contributed by atoms with Crippen molar-refractivity contribution in [1.29, 1.82) is 0 Å². The third-order valence-corrected chi connectivity index (χ3v) is 2.51. The van der Waals surface area contributed by atoms with Gasteiger partial charge in [-0.15, -0.1) is 0 Å². The van der Waals surface area contributed by atoms with Crippen molar-refractivity contribution in [3.8, 4) is 0 Å². The normalized spacial score (nSPS) is 10.8. The van der Waals surface area contributed by atoms with E-state index in [0.29, 0.717) is 12.3 Å². The molecule has 0 aliphatic heterocycles. The van der Waals surface area contributed by atoms with Crippen molar-refractivity contribution >= 4 is 5.97 Å². The molecular weight excluding hydrogens is 236 g/mol. The van der Waals surface area contributed by atoms with Gasteiger partial charge >= 0.3 is 5.97 Å². The van der Waals surface area contributed by atoms with E-state index in [-0.39, 0.29) is 5.69 Å². The molecule has 0 unspecified atom stereocenters. The first kappa shape index (κ1) is 12.3. The Morgan fingerprint density at radius 1 is 1.44 bits per heavy atom. The predicted molar refractivity (Wildman–Crippen MR) is 61.3 cm³/mol. The predicted octanol–water partition coefficient (Wildman–Crippen LogP) is 1.14. The zero-order valence-corrected chi connectivity index (χ0v) is 10.3. The lowest BCUT2D eigenvalue weighted by Gasteiger charge is -1.99. The quantitative estimate of drug-likeness (QED) is 0.855. The van der Waals surface area contributed by atoms with Gasteiger partial charge in [0.25, 0.3) is 0 Å². The van der Waals surface area contributed by atoms with E-state index in [0.717, 1.165) is 24.5 Å². The van der Waals surface area contributed by atoms with E-state index >= 15 is 0 Å². The molecule has 0 fully saturated rings. The van der Waals surface area contributed by atoms with Gasteiger partial charge in [0.2, 0.25) is 0 Å². The fourth-order valence-electron chi connectivity index (χ4n) is 1.60. The third kappa shape index (κ3) is 2.39. The highest BCUT2D eigenvalue weighted by Gasteiger charge is 2.13. The SMILES string of the molecule is CCc1nc(CC)n(Cc2cc(C(=O)O)no2)n1. The minimum atomic E-state index is -1.10. The van der Waals surface area contributed by atoms with Crippen LogP contribution < -0.4 is 0 Å². The summed E-state index contributed by atoms with van der Waals surface area (Å²) in [4.78, 5) is 15.0. The smallest absolute Gasteiger partial charge is 0.358 e. The van der Waals surface area contributed by atoms with Gasteiger partial charge in [0.05, 0.1) is 0 Å². The van der Waals surface area contributed by atoms with Crippen LogP contribution in [0, 0.1) is 0 Å². The van der Waals surface area contributed by atoms with Crippen molar-refractivity contribution in [1.82, 2.24) is 19.9 Å². The number of aryl methyl sites for hydroxylation is 2. The minimum absolute atomic E-state index is 0.0983. The molecule has 0 atom stereocenters. The monoisotopic (exact) mass is 250 g/mol. The minimum Gasteiger partial charge on any atom is -0.476 e. The summed E-state index contributed by atoms with van der Waals surface area (Å²) < 4.78 is 6.67. The Labute approximate surface area is 103 Å². The molecule has 96 valence electrons. The lowest BCUT2D eigenvalue weighted by molar-refractivity contribution is 0.0685. The van der Waals surface area contributed by atoms with Gasteiger partial charge in [-0.05, 0) is 0 Å². The third-order valence-electron chi connectivity index (χ3n) is 2.51. The number of carboxylic acid groups (broad SMARTS) is 1. The van der Waals surface area contributed by atoms with Crippen LogP contribution in [0.15, 0.2) is 10.6 Å². The summed E-state index contributed by atoms with van der Waals surface area (Å²) >= 11 is 0. The van der Waals surface area contributed by atoms with Crippen LogP contribution in [0.1, 0.15) is 41.7 Å². The Morgan fingerprint density at radius 2 is 2.22 bits per heavy atom. The highest BCUT2D eigenvalue weighted by molar-refractivity contribution is 5.85. The van der Waals surface area contributed by atoms with Gasteiger partial charge in [0.1, 0.15) is 12.4 Å². The summed E-state index contributed by atoms with van der Waals surface area (Å²) in [5.74, 6) is 0.966. The molecule has 0 aliphatic carbocycles. The van der Waals surface area contributed by atoms with Crippen LogP contribution >= 0.6 is 0 Å². The van der Waals surface area contributed by atoms with Gasteiger partial charge in [-0.3, -0.25) is 0 Å². The molecule has 2 aromatic rings. The van der Waals surface area contributed by atoms with E-state index < -0.39 is 5.97 Å². The first-order valence-corrected chi connectivity index (χ1v) is 5.75. The van der Waals surface area contributed by atoms with Gasteiger partial charge in [-0.1, -0.05) is 19.0 Å². The molecule has 0 radical (unpaired) electrons. The number of nitrogens with zero attached hydrogens (tertiary/aromatic N) is 4. The van der Waals surface area contributed by atoms with Crippen molar-refractivity contribution in [2.45, 2.75) is 33.2 Å². The number of hydrogen-bond acceptors (Lipinski definition) is 5. The van der Waals surface area contributed by atoms with E-state index in [2.05, 4.69) is 15.2 Å². The van der Waals surface area contributed by atoms with Gasteiger partial charge in [0.15, 0.2) is 17.3 Å². The molecule has 0 aromatic carbocycles. The maximum absolute atomic E-state index is 10.7. The van der Waals surface area contributed by atoms with E-state index in [9.17, 15) is 4.79 Å². The van der Waals surface area contributed by atoms with Crippen LogP contribution in [-0.2, 0) is 19.4 Å². The second-order valence-corrected chi connectivity index (χ2v) is 3.79. The zero-order valence-electron chi connectivity index (χ0n) is 10.3. The average molecular weight is 250 g/mol. The van der Waals surface area contributed by atoms with E-state index in [1.165, 1.54) is 6.07 Å². The van der Waals surface area contributed by atoms with Crippen LogP contribution in [-0.4, -0.2) is 31.0 Å². The number of carboxylic acids is 1. The summed E-state index contributed by atoms with van der Waals surface area (Å²) in [6.07, 6.45) is 1.52. The first-order chi connectivity index (χ1) is 8.63. The molecule has 0 aliphatic rings. The lowest BCUT2D eigenvalue weighted by Crippen LogP contribution is -2.05. The maximum Gasteiger partial charge on any atom is 0.358 e. The Morgan fingerprint density at radius 3 is 2.78 bits per heavy atom. The molecule has 18 heavy (non-hydrogen) atoms. The number of rotatable bonds is 5. The maximum atomic E-state index is 10.7. The molecule has 0 bridgehead atoms. The topological polar surface area (TPSA) is 94.0 Å². The molecule has 1 N–H and O–H groups in total. The fraction of sp³-hybridized carbons (Fsp3) is 0.455. The average Bonchev–Trinajstić information content (AvgIpc) is 2.96. The molecule has 7 heteroatoms. The summed E-state index contributed by atoms with van der Waals surface area (Å²) in [6, 6.07) is 1.40. The lowest BCUT2D eigenvalue weighted by atomic mass is 10.3. The Kier molecular flexibility index (Phi) is 3.40. The van der Waals surface area contributed by atoms with Crippen LogP contribution in [0.2, 0.25) is 0 Å². The fourth-order valence-corrected chi connectivity index (χ4v) is 1.60. The van der Waals surface area contributed by atoms with Crippen molar-refractivity contribution < 1.29 is 14.4 Å². The second kappa shape index (κ2) is 4.99. The van der Waals surface area contributed by atoms with Gasteiger partial charge in [0, 0.05) is 18.9 Å². The van der Waals surface area contributed by atoms with Crippen LogP contribution in [0.25, 0.3) is 0 Å². The molecule has 0 amide bonds. The molecule has 0 saturated carbocycles.